The van der Waals surface area contributed by atoms with E-state index in [1.807, 2.05) is 18.2 Å². The summed E-state index contributed by atoms with van der Waals surface area (Å²) in [6.07, 6.45) is 7.67. The van der Waals surface area contributed by atoms with Crippen molar-refractivity contribution in [3.63, 3.8) is 0 Å². The molecular weight excluding hydrogens is 340 g/mol. The lowest BCUT2D eigenvalue weighted by Gasteiger charge is -2.23. The molecule has 4 heteroatoms. The molecule has 1 saturated heterocycles. The van der Waals surface area contributed by atoms with Gasteiger partial charge in [-0.15, -0.1) is 11.6 Å². The summed E-state index contributed by atoms with van der Waals surface area (Å²) in [5, 5.41) is 0. The van der Waals surface area contributed by atoms with Crippen molar-refractivity contribution in [1.82, 2.24) is 0 Å². The first-order valence-corrected chi connectivity index (χ1v) is 8.69. The van der Waals surface area contributed by atoms with Crippen molar-refractivity contribution in [3.8, 4) is 5.75 Å². The Hall–Kier alpha value is -0.250. The third-order valence-electron chi connectivity index (χ3n) is 4.43. The molecule has 110 valence electrons. The first kappa shape index (κ1) is 14.7. The second-order valence-corrected chi connectivity index (χ2v) is 7.00. The maximum absolute atomic E-state index is 6.25. The van der Waals surface area contributed by atoms with Gasteiger partial charge in [0.1, 0.15) is 12.4 Å². The van der Waals surface area contributed by atoms with Crippen molar-refractivity contribution >= 4 is 27.5 Å². The summed E-state index contributed by atoms with van der Waals surface area (Å²) in [7, 11) is 0. The fourth-order valence-electron chi connectivity index (χ4n) is 3.33. The maximum Gasteiger partial charge on any atom is 0.133 e. The zero-order valence-corrected chi connectivity index (χ0v) is 13.9. The minimum absolute atomic E-state index is 0.188. The lowest BCUT2D eigenvalue weighted by Crippen LogP contribution is -2.27. The molecule has 0 radical (unpaired) electrons. The van der Waals surface area contributed by atoms with Crippen molar-refractivity contribution in [2.24, 2.45) is 0 Å². The molecule has 1 heterocycles. The molecule has 1 aromatic carbocycles. The number of hydrogen-bond acceptors (Lipinski definition) is 2. The molecule has 0 N–H and O–H groups in total. The van der Waals surface area contributed by atoms with Crippen LogP contribution in [0.5, 0.6) is 5.75 Å². The SMILES string of the molecule is ClCc1ccc(OCC2CCC3(CCCC3)O2)c(Br)c1. The third-order valence-corrected chi connectivity index (χ3v) is 5.36. The van der Waals surface area contributed by atoms with Gasteiger partial charge in [0.05, 0.1) is 16.2 Å². The largest absolute Gasteiger partial charge is 0.490 e. The van der Waals surface area contributed by atoms with Gasteiger partial charge >= 0.3 is 0 Å². The Morgan fingerprint density at radius 2 is 2.10 bits per heavy atom. The highest BCUT2D eigenvalue weighted by Gasteiger charge is 2.42. The molecule has 3 rings (SSSR count). The van der Waals surface area contributed by atoms with Gasteiger partial charge in [-0.3, -0.25) is 0 Å². The van der Waals surface area contributed by atoms with E-state index in [1.165, 1.54) is 32.1 Å². The highest BCUT2D eigenvalue weighted by atomic mass is 79.9. The van der Waals surface area contributed by atoms with E-state index >= 15 is 0 Å². The second-order valence-electron chi connectivity index (χ2n) is 5.88. The maximum atomic E-state index is 6.25. The minimum atomic E-state index is 0.188. The van der Waals surface area contributed by atoms with E-state index in [2.05, 4.69) is 15.9 Å². The number of ether oxygens (including phenoxy) is 2. The predicted molar refractivity (Wildman–Crippen MR) is 84.5 cm³/mol. The van der Waals surface area contributed by atoms with Crippen LogP contribution in [0.15, 0.2) is 22.7 Å². The average molecular weight is 360 g/mol. The van der Waals surface area contributed by atoms with Gasteiger partial charge in [0, 0.05) is 5.88 Å². The molecule has 1 unspecified atom stereocenters. The summed E-state index contributed by atoms with van der Waals surface area (Å²) < 4.78 is 13.1. The molecule has 1 aromatic rings. The summed E-state index contributed by atoms with van der Waals surface area (Å²) in [6.45, 7) is 0.639. The first-order chi connectivity index (χ1) is 9.71. The molecule has 1 saturated carbocycles. The van der Waals surface area contributed by atoms with Crippen LogP contribution in [-0.2, 0) is 10.6 Å². The Balaban J connectivity index is 1.55. The van der Waals surface area contributed by atoms with Crippen LogP contribution < -0.4 is 4.74 Å². The van der Waals surface area contributed by atoms with Crippen molar-refractivity contribution in [1.29, 1.82) is 0 Å². The third kappa shape index (κ3) is 3.15. The van der Waals surface area contributed by atoms with Crippen LogP contribution in [0.1, 0.15) is 44.1 Å². The number of alkyl halides is 1. The van der Waals surface area contributed by atoms with Gasteiger partial charge in [0.2, 0.25) is 0 Å². The second kappa shape index (κ2) is 6.25. The summed E-state index contributed by atoms with van der Waals surface area (Å²) in [5.74, 6) is 1.39. The van der Waals surface area contributed by atoms with E-state index in [0.717, 1.165) is 22.2 Å². The molecule has 0 amide bonds. The van der Waals surface area contributed by atoms with E-state index in [-0.39, 0.29) is 11.7 Å². The number of halogens is 2. The van der Waals surface area contributed by atoms with Crippen molar-refractivity contribution in [3.05, 3.63) is 28.2 Å². The lowest BCUT2D eigenvalue weighted by molar-refractivity contribution is -0.0509. The molecule has 1 spiro atoms. The Morgan fingerprint density at radius 3 is 2.80 bits per heavy atom. The van der Waals surface area contributed by atoms with Crippen LogP contribution in [0, 0.1) is 0 Å². The molecule has 0 aromatic heterocycles. The van der Waals surface area contributed by atoms with Crippen molar-refractivity contribution in [2.75, 3.05) is 6.61 Å². The summed E-state index contributed by atoms with van der Waals surface area (Å²) >= 11 is 9.35. The molecule has 1 aliphatic heterocycles. The van der Waals surface area contributed by atoms with Crippen LogP contribution >= 0.6 is 27.5 Å². The van der Waals surface area contributed by atoms with E-state index in [9.17, 15) is 0 Å². The van der Waals surface area contributed by atoms with Gasteiger partial charge in [0.15, 0.2) is 0 Å². The standard InChI is InChI=1S/C16H20BrClO2/c17-14-9-12(10-18)3-4-15(14)19-11-13-5-8-16(20-13)6-1-2-7-16/h3-4,9,13H,1-2,5-8,10-11H2. The zero-order chi connectivity index (χ0) is 14.0. The average Bonchev–Trinajstić information content (AvgIpc) is 3.08. The van der Waals surface area contributed by atoms with Crippen LogP contribution in [0.25, 0.3) is 0 Å². The zero-order valence-electron chi connectivity index (χ0n) is 11.5. The molecule has 2 aliphatic rings. The van der Waals surface area contributed by atoms with E-state index in [1.54, 1.807) is 0 Å². The Morgan fingerprint density at radius 1 is 1.30 bits per heavy atom. The van der Waals surface area contributed by atoms with Crippen molar-refractivity contribution < 1.29 is 9.47 Å². The normalized spacial score (nSPS) is 24.4. The first-order valence-electron chi connectivity index (χ1n) is 7.36. The quantitative estimate of drug-likeness (QED) is 0.700. The van der Waals surface area contributed by atoms with Gasteiger partial charge in [-0.2, -0.15) is 0 Å². The molecule has 2 nitrogen and oxygen atoms in total. The molecule has 1 aliphatic carbocycles. The summed E-state index contributed by atoms with van der Waals surface area (Å²) in [4.78, 5) is 0. The molecule has 0 bridgehead atoms. The van der Waals surface area contributed by atoms with Gasteiger partial charge < -0.3 is 9.47 Å². The van der Waals surface area contributed by atoms with Gasteiger partial charge in [-0.25, -0.2) is 0 Å². The lowest BCUT2D eigenvalue weighted by atomic mass is 9.98. The monoisotopic (exact) mass is 358 g/mol. The summed E-state index contributed by atoms with van der Waals surface area (Å²) in [5.41, 5.74) is 1.28. The summed E-state index contributed by atoms with van der Waals surface area (Å²) in [6, 6.07) is 5.99. The fourth-order valence-corrected chi connectivity index (χ4v) is 4.03. The van der Waals surface area contributed by atoms with Gasteiger partial charge in [0.25, 0.3) is 0 Å². The van der Waals surface area contributed by atoms with Crippen LogP contribution in [0.4, 0.5) is 0 Å². The Kier molecular flexibility index (Phi) is 4.58. The van der Waals surface area contributed by atoms with Crippen LogP contribution in [0.2, 0.25) is 0 Å². The number of rotatable bonds is 4. The topological polar surface area (TPSA) is 18.5 Å². The van der Waals surface area contributed by atoms with Crippen molar-refractivity contribution in [2.45, 2.75) is 56.1 Å². The molecule has 2 fully saturated rings. The predicted octanol–water partition coefficient (Wildman–Crippen LogP) is 5.06. The van der Waals surface area contributed by atoms with E-state index in [4.69, 9.17) is 21.1 Å². The van der Waals surface area contributed by atoms with Gasteiger partial charge in [-0.1, -0.05) is 18.9 Å². The van der Waals surface area contributed by atoms with Crippen LogP contribution in [-0.4, -0.2) is 18.3 Å². The molecule has 20 heavy (non-hydrogen) atoms. The molecular formula is C16H20BrClO2. The fraction of sp³-hybridized carbons (Fsp3) is 0.625. The van der Waals surface area contributed by atoms with E-state index < -0.39 is 0 Å². The molecule has 1 atom stereocenters. The Bertz CT molecular complexity index is 472. The number of benzene rings is 1. The number of hydrogen-bond donors (Lipinski definition) is 0. The smallest absolute Gasteiger partial charge is 0.133 e. The highest BCUT2D eigenvalue weighted by molar-refractivity contribution is 9.10. The van der Waals surface area contributed by atoms with Gasteiger partial charge in [-0.05, 0) is 59.3 Å². The van der Waals surface area contributed by atoms with Crippen LogP contribution in [0.3, 0.4) is 0 Å². The highest BCUT2D eigenvalue weighted by Crippen LogP contribution is 2.43. The Labute approximate surface area is 133 Å². The minimum Gasteiger partial charge on any atom is -0.490 e. The van der Waals surface area contributed by atoms with E-state index in [0.29, 0.717) is 12.5 Å².